The third kappa shape index (κ3) is 2.80. The summed E-state index contributed by atoms with van der Waals surface area (Å²) in [6.07, 6.45) is 0.346. The molecule has 6 heteroatoms. The number of alkyl carbamates (subject to hydrolysis) is 1. The van der Waals surface area contributed by atoms with Gasteiger partial charge in [0, 0.05) is 6.42 Å². The summed E-state index contributed by atoms with van der Waals surface area (Å²) >= 11 is 3.23. The maximum atomic E-state index is 11.0. The number of hydrogen-bond donors (Lipinski definition) is 2. The minimum Gasteiger partial charge on any atom is -0.507 e. The Morgan fingerprint density at radius 2 is 2.25 bits per heavy atom. The molecule has 1 aromatic carbocycles. The molecule has 0 aliphatic carbocycles. The summed E-state index contributed by atoms with van der Waals surface area (Å²) in [5, 5.41) is 12.1. The van der Waals surface area contributed by atoms with Crippen LogP contribution < -0.4 is 5.32 Å². The van der Waals surface area contributed by atoms with E-state index in [0.717, 1.165) is 12.0 Å². The van der Waals surface area contributed by atoms with Gasteiger partial charge in [0.1, 0.15) is 5.75 Å². The van der Waals surface area contributed by atoms with Gasteiger partial charge in [0.2, 0.25) is 0 Å². The monoisotopic (exact) mass is 307 g/mol. The van der Waals surface area contributed by atoms with Crippen molar-refractivity contribution in [3.05, 3.63) is 28.2 Å². The van der Waals surface area contributed by atoms with E-state index in [1.807, 2.05) is 0 Å². The Hall–Kier alpha value is -0.940. The highest BCUT2D eigenvalue weighted by Gasteiger charge is 2.21. The molecule has 16 heavy (non-hydrogen) atoms. The maximum Gasteiger partial charge on any atom is 0.407 e. The number of phenolic OH excluding ortho intramolecular Hbond substituents is 1. The Bertz CT molecular complexity index is 400. The summed E-state index contributed by atoms with van der Waals surface area (Å²) in [6, 6.07) is 5.14. The molecular formula is C10H11BrClNO3. The molecule has 1 fully saturated rings. The lowest BCUT2D eigenvalue weighted by atomic mass is 10.0. The molecule has 0 bridgehead atoms. The zero-order valence-electron chi connectivity index (χ0n) is 8.27. The summed E-state index contributed by atoms with van der Waals surface area (Å²) in [5.74, 6) is 0.192. The molecule has 1 aliphatic heterocycles. The molecule has 4 nitrogen and oxygen atoms in total. The van der Waals surface area contributed by atoms with Crippen molar-refractivity contribution in [2.24, 2.45) is 0 Å². The Balaban J connectivity index is 0.00000128. The highest BCUT2D eigenvalue weighted by Crippen LogP contribution is 2.29. The second-order valence-corrected chi connectivity index (χ2v) is 4.19. The lowest BCUT2D eigenvalue weighted by molar-refractivity contribution is 0.115. The van der Waals surface area contributed by atoms with Crippen LogP contribution in [0.15, 0.2) is 22.7 Å². The molecule has 0 radical (unpaired) electrons. The molecule has 1 saturated heterocycles. The molecule has 2 rings (SSSR count). The topological polar surface area (TPSA) is 58.6 Å². The number of carbonyl (C=O) groups is 1. The highest BCUT2D eigenvalue weighted by atomic mass is 79.9. The van der Waals surface area contributed by atoms with Crippen LogP contribution in [-0.4, -0.2) is 17.8 Å². The van der Waals surface area contributed by atoms with Crippen LogP contribution in [0.5, 0.6) is 5.75 Å². The lowest BCUT2D eigenvalue weighted by Gasteiger charge is -2.23. The van der Waals surface area contributed by atoms with Crippen molar-refractivity contribution in [1.29, 1.82) is 0 Å². The number of hydrogen-bond acceptors (Lipinski definition) is 3. The molecule has 1 amide bonds. The van der Waals surface area contributed by atoms with Crippen LogP contribution >= 0.6 is 28.3 Å². The Labute approximate surface area is 108 Å². The highest BCUT2D eigenvalue weighted by molar-refractivity contribution is 9.10. The summed E-state index contributed by atoms with van der Waals surface area (Å²) in [6.45, 7) is 0.426. The standard InChI is InChI=1S/C10H10BrNO3.ClH/c11-7-5-6(1-2-9(7)13)8-3-4-15-10(14)12-8;/h1-2,5,8,13H,3-4H2,(H,12,14);1H/t8-;/m1./s1. The van der Waals surface area contributed by atoms with Crippen molar-refractivity contribution in [2.75, 3.05) is 6.61 Å². The van der Waals surface area contributed by atoms with Crippen LogP contribution in [0.25, 0.3) is 0 Å². The number of cyclic esters (lactones) is 1. The van der Waals surface area contributed by atoms with Crippen molar-refractivity contribution >= 4 is 34.4 Å². The largest absolute Gasteiger partial charge is 0.507 e. The molecule has 1 aromatic rings. The number of halogens is 2. The molecule has 88 valence electrons. The Kier molecular flexibility index (Phi) is 4.44. The van der Waals surface area contributed by atoms with E-state index in [2.05, 4.69) is 21.2 Å². The normalized spacial score (nSPS) is 19.3. The molecule has 1 heterocycles. The fraction of sp³-hybridized carbons (Fsp3) is 0.300. The second-order valence-electron chi connectivity index (χ2n) is 3.33. The van der Waals surface area contributed by atoms with Crippen LogP contribution in [0.4, 0.5) is 4.79 Å². The second kappa shape index (κ2) is 5.41. The van der Waals surface area contributed by atoms with Gasteiger partial charge in [-0.1, -0.05) is 6.07 Å². The minimum atomic E-state index is -0.393. The summed E-state index contributed by atoms with van der Waals surface area (Å²) in [7, 11) is 0. The Morgan fingerprint density at radius 1 is 1.50 bits per heavy atom. The molecule has 0 saturated carbocycles. The van der Waals surface area contributed by atoms with Crippen LogP contribution in [0.3, 0.4) is 0 Å². The molecular weight excluding hydrogens is 297 g/mol. The van der Waals surface area contributed by atoms with E-state index in [1.54, 1.807) is 18.2 Å². The SMILES string of the molecule is Cl.O=C1N[C@@H](c2ccc(O)c(Br)c2)CCO1. The van der Waals surface area contributed by atoms with Crippen LogP contribution in [-0.2, 0) is 4.74 Å². The maximum absolute atomic E-state index is 11.0. The van der Waals surface area contributed by atoms with Crippen LogP contribution in [0.2, 0.25) is 0 Å². The molecule has 2 N–H and O–H groups in total. The van der Waals surface area contributed by atoms with Gasteiger partial charge in [-0.3, -0.25) is 0 Å². The number of carbonyl (C=O) groups excluding carboxylic acids is 1. The fourth-order valence-electron chi connectivity index (χ4n) is 1.52. The van der Waals surface area contributed by atoms with E-state index in [1.165, 1.54) is 0 Å². The molecule has 0 aromatic heterocycles. The minimum absolute atomic E-state index is 0. The van der Waals surface area contributed by atoms with E-state index in [4.69, 9.17) is 4.74 Å². The number of phenols is 1. The van der Waals surface area contributed by atoms with Crippen molar-refractivity contribution in [3.8, 4) is 5.75 Å². The first-order valence-electron chi connectivity index (χ1n) is 4.58. The zero-order valence-corrected chi connectivity index (χ0v) is 10.7. The Morgan fingerprint density at radius 3 is 2.88 bits per heavy atom. The van der Waals surface area contributed by atoms with E-state index >= 15 is 0 Å². The fourth-order valence-corrected chi connectivity index (χ4v) is 1.91. The van der Waals surface area contributed by atoms with Gasteiger partial charge in [0.25, 0.3) is 0 Å². The third-order valence-electron chi connectivity index (χ3n) is 2.31. The smallest absolute Gasteiger partial charge is 0.407 e. The molecule has 0 spiro atoms. The number of rotatable bonds is 1. The van der Waals surface area contributed by atoms with Crippen LogP contribution in [0, 0.1) is 0 Å². The van der Waals surface area contributed by atoms with Crippen LogP contribution in [0.1, 0.15) is 18.0 Å². The van der Waals surface area contributed by atoms with Crippen molar-refractivity contribution in [1.82, 2.24) is 5.32 Å². The van der Waals surface area contributed by atoms with Gasteiger partial charge >= 0.3 is 6.09 Å². The predicted octanol–water partition coefficient (Wildman–Crippen LogP) is 2.75. The average molecular weight is 309 g/mol. The lowest BCUT2D eigenvalue weighted by Crippen LogP contribution is -2.35. The van der Waals surface area contributed by atoms with Crippen molar-refractivity contribution < 1.29 is 14.6 Å². The molecule has 1 atom stereocenters. The average Bonchev–Trinajstić information content (AvgIpc) is 2.22. The zero-order chi connectivity index (χ0) is 10.8. The predicted molar refractivity (Wildman–Crippen MR) is 64.9 cm³/mol. The first kappa shape index (κ1) is 13.1. The summed E-state index contributed by atoms with van der Waals surface area (Å²) < 4.78 is 5.40. The third-order valence-corrected chi connectivity index (χ3v) is 2.94. The van der Waals surface area contributed by atoms with Gasteiger partial charge in [0.05, 0.1) is 17.1 Å². The van der Waals surface area contributed by atoms with Gasteiger partial charge in [-0.2, -0.15) is 0 Å². The van der Waals surface area contributed by atoms with Crippen molar-refractivity contribution in [2.45, 2.75) is 12.5 Å². The quantitative estimate of drug-likeness (QED) is 0.838. The first-order chi connectivity index (χ1) is 7.16. The van der Waals surface area contributed by atoms with E-state index in [0.29, 0.717) is 11.1 Å². The van der Waals surface area contributed by atoms with Gasteiger partial charge in [-0.05, 0) is 33.6 Å². The number of nitrogens with one attached hydrogen (secondary N) is 1. The molecule has 0 unspecified atom stereocenters. The van der Waals surface area contributed by atoms with Gasteiger partial charge in [0.15, 0.2) is 0 Å². The molecule has 1 aliphatic rings. The number of aromatic hydroxyl groups is 1. The number of benzene rings is 1. The summed E-state index contributed by atoms with van der Waals surface area (Å²) in [5.41, 5.74) is 0.955. The van der Waals surface area contributed by atoms with Gasteiger partial charge < -0.3 is 15.2 Å². The first-order valence-corrected chi connectivity index (χ1v) is 5.38. The van der Waals surface area contributed by atoms with Crippen molar-refractivity contribution in [3.63, 3.8) is 0 Å². The summed E-state index contributed by atoms with van der Waals surface area (Å²) in [4.78, 5) is 11.0. The number of amides is 1. The van der Waals surface area contributed by atoms with E-state index < -0.39 is 6.09 Å². The van der Waals surface area contributed by atoms with Gasteiger partial charge in [-0.15, -0.1) is 12.4 Å². The number of ether oxygens (including phenoxy) is 1. The van der Waals surface area contributed by atoms with Gasteiger partial charge in [-0.25, -0.2) is 4.79 Å². The van der Waals surface area contributed by atoms with E-state index in [9.17, 15) is 9.90 Å². The van der Waals surface area contributed by atoms with E-state index in [-0.39, 0.29) is 24.2 Å².